The van der Waals surface area contributed by atoms with Gasteiger partial charge in [-0.15, -0.1) is 0 Å². The van der Waals surface area contributed by atoms with E-state index in [1.165, 1.54) is 22.9 Å². The Kier molecular flexibility index (Phi) is 7.23. The van der Waals surface area contributed by atoms with E-state index in [0.29, 0.717) is 0 Å². The number of pyridine rings is 1. The van der Waals surface area contributed by atoms with Gasteiger partial charge in [-0.25, -0.2) is 13.2 Å². The van der Waals surface area contributed by atoms with Crippen molar-refractivity contribution in [1.82, 2.24) is 4.57 Å². The minimum absolute atomic E-state index is 0.0258. The average molecular weight is 537 g/mol. The molecular weight excluding hydrogens is 510 g/mol. The zero-order chi connectivity index (χ0) is 28.9. The minimum Gasteiger partial charge on any atom is -0.399 e. The first kappa shape index (κ1) is 28.1. The Morgan fingerprint density at radius 3 is 2.15 bits per heavy atom. The molecule has 1 fully saturated rings. The van der Waals surface area contributed by atoms with E-state index in [1.54, 1.807) is 41.5 Å². The summed E-state index contributed by atoms with van der Waals surface area (Å²) in [6.07, 6.45) is 1.20. The van der Waals surface area contributed by atoms with Gasteiger partial charge in [-0.2, -0.15) is 5.26 Å². The molecule has 0 spiro atoms. The van der Waals surface area contributed by atoms with E-state index < -0.39 is 58.4 Å². The number of nitriles is 1. The third kappa shape index (κ3) is 5.10. The molecule has 0 saturated carbocycles. The summed E-state index contributed by atoms with van der Waals surface area (Å²) < 4.78 is 56.7. The molecule has 11 heteroatoms. The van der Waals surface area contributed by atoms with E-state index in [2.05, 4.69) is 5.32 Å². The molecule has 4 rings (SSSR count). The predicted molar refractivity (Wildman–Crippen MR) is 141 cm³/mol. The second-order valence-corrected chi connectivity index (χ2v) is 10.6. The van der Waals surface area contributed by atoms with Gasteiger partial charge in [-0.05, 0) is 65.3 Å². The summed E-state index contributed by atoms with van der Waals surface area (Å²) in [6, 6.07) is 8.20. The van der Waals surface area contributed by atoms with Crippen LogP contribution in [-0.4, -0.2) is 28.8 Å². The molecular formula is C28H27BF3N3O4. The number of nitrogens with zero attached hydrogens (tertiary/aromatic N) is 2. The highest BCUT2D eigenvalue weighted by Crippen LogP contribution is 2.37. The molecule has 1 amide bonds. The second-order valence-electron chi connectivity index (χ2n) is 10.6. The fourth-order valence-electron chi connectivity index (χ4n) is 4.20. The Morgan fingerprint density at radius 1 is 1.03 bits per heavy atom. The molecule has 1 N–H and O–H groups in total. The Bertz CT molecular complexity index is 1540. The maximum atomic E-state index is 15.1. The van der Waals surface area contributed by atoms with Crippen LogP contribution in [-0.2, 0) is 9.31 Å². The van der Waals surface area contributed by atoms with Gasteiger partial charge in [0.05, 0.1) is 22.5 Å². The monoisotopic (exact) mass is 537 g/mol. The van der Waals surface area contributed by atoms with Crippen LogP contribution in [0.3, 0.4) is 0 Å². The summed E-state index contributed by atoms with van der Waals surface area (Å²) in [4.78, 5) is 26.6. The third-order valence-corrected chi connectivity index (χ3v) is 7.12. The van der Waals surface area contributed by atoms with Gasteiger partial charge in [0.2, 0.25) is 5.43 Å². The number of hydrogen-bond acceptors (Lipinski definition) is 5. The number of benzene rings is 2. The van der Waals surface area contributed by atoms with Crippen LogP contribution in [0.2, 0.25) is 0 Å². The van der Waals surface area contributed by atoms with Crippen LogP contribution < -0.4 is 16.2 Å². The number of nitrogens with one attached hydrogen (secondary N) is 1. The lowest BCUT2D eigenvalue weighted by atomic mass is 9.78. The van der Waals surface area contributed by atoms with Gasteiger partial charge in [0.25, 0.3) is 5.91 Å². The second kappa shape index (κ2) is 10.0. The maximum Gasteiger partial charge on any atom is 0.497 e. The number of hydrogen-bond donors (Lipinski definition) is 1. The van der Waals surface area contributed by atoms with E-state index in [1.807, 2.05) is 6.07 Å². The quantitative estimate of drug-likeness (QED) is 0.466. The lowest BCUT2D eigenvalue weighted by Crippen LogP contribution is -2.41. The van der Waals surface area contributed by atoms with Gasteiger partial charge in [-0.3, -0.25) is 9.59 Å². The largest absolute Gasteiger partial charge is 0.497 e. The lowest BCUT2D eigenvalue weighted by Gasteiger charge is -2.32. The molecule has 1 saturated heterocycles. The van der Waals surface area contributed by atoms with Crippen LogP contribution >= 0.6 is 0 Å². The van der Waals surface area contributed by atoms with E-state index in [9.17, 15) is 19.2 Å². The van der Waals surface area contributed by atoms with Crippen molar-refractivity contribution in [3.05, 3.63) is 81.5 Å². The number of anilines is 1. The molecule has 1 aliphatic rings. The predicted octanol–water partition coefficient (Wildman–Crippen LogP) is 4.94. The standard InChI is InChI=1S/C28H27BF3N3O4/c1-15(2)35-14-18(25(36)24(23(35)13-33)16-7-9-17(30)10-8-16)26(37)34-22-12-20(31)19(11-21(22)32)29-38-27(3,4)28(5,6)39-29/h7-12,14-15H,1-6H3,(H,34,37). The Labute approximate surface area is 224 Å². The zero-order valence-electron chi connectivity index (χ0n) is 22.4. The van der Waals surface area contributed by atoms with Crippen LogP contribution in [0.5, 0.6) is 0 Å². The van der Waals surface area contributed by atoms with Crippen LogP contribution in [0, 0.1) is 28.8 Å². The van der Waals surface area contributed by atoms with Crippen LogP contribution in [0.1, 0.15) is 63.6 Å². The van der Waals surface area contributed by atoms with Crippen molar-refractivity contribution in [1.29, 1.82) is 5.26 Å². The van der Waals surface area contributed by atoms with Crippen LogP contribution in [0.15, 0.2) is 47.4 Å². The maximum absolute atomic E-state index is 15.1. The Morgan fingerprint density at radius 2 is 1.62 bits per heavy atom. The third-order valence-electron chi connectivity index (χ3n) is 7.12. The van der Waals surface area contributed by atoms with E-state index in [4.69, 9.17) is 9.31 Å². The molecule has 0 radical (unpaired) electrons. The van der Waals surface area contributed by atoms with E-state index in [0.717, 1.165) is 24.3 Å². The number of amides is 1. The van der Waals surface area contributed by atoms with Crippen molar-refractivity contribution in [2.75, 3.05) is 5.32 Å². The summed E-state index contributed by atoms with van der Waals surface area (Å²) >= 11 is 0. The lowest BCUT2D eigenvalue weighted by molar-refractivity contribution is 0.00578. The van der Waals surface area contributed by atoms with Crippen molar-refractivity contribution in [2.45, 2.75) is 58.8 Å². The molecule has 3 aromatic rings. The fraction of sp³-hybridized carbons (Fsp3) is 0.321. The first-order valence-electron chi connectivity index (χ1n) is 12.3. The smallest absolute Gasteiger partial charge is 0.399 e. The summed E-state index contributed by atoms with van der Waals surface area (Å²) in [6.45, 7) is 10.6. The van der Waals surface area contributed by atoms with Crippen molar-refractivity contribution in [3.63, 3.8) is 0 Å². The highest BCUT2D eigenvalue weighted by Gasteiger charge is 2.52. The van der Waals surface area contributed by atoms with Crippen LogP contribution in [0.25, 0.3) is 11.1 Å². The molecule has 2 aromatic carbocycles. The Balaban J connectivity index is 1.74. The van der Waals surface area contributed by atoms with Gasteiger partial charge in [0, 0.05) is 23.8 Å². The van der Waals surface area contributed by atoms with Crippen molar-refractivity contribution < 1.29 is 27.3 Å². The zero-order valence-corrected chi connectivity index (χ0v) is 22.4. The number of carbonyl (C=O) groups excluding carboxylic acids is 1. The molecule has 202 valence electrons. The first-order chi connectivity index (χ1) is 18.2. The summed E-state index contributed by atoms with van der Waals surface area (Å²) in [5.74, 6) is -3.40. The highest BCUT2D eigenvalue weighted by molar-refractivity contribution is 6.62. The van der Waals surface area contributed by atoms with Gasteiger partial charge in [-0.1, -0.05) is 12.1 Å². The molecule has 0 atom stereocenters. The molecule has 0 unspecified atom stereocenters. The fourth-order valence-corrected chi connectivity index (χ4v) is 4.20. The van der Waals surface area contributed by atoms with E-state index in [-0.39, 0.29) is 28.3 Å². The van der Waals surface area contributed by atoms with E-state index >= 15 is 8.78 Å². The number of carbonyl (C=O) groups is 1. The van der Waals surface area contributed by atoms with Gasteiger partial charge >= 0.3 is 7.12 Å². The first-order valence-corrected chi connectivity index (χ1v) is 12.3. The number of rotatable bonds is 5. The molecule has 1 aromatic heterocycles. The normalized spacial score (nSPS) is 15.9. The van der Waals surface area contributed by atoms with Gasteiger partial charge in [0.1, 0.15) is 34.8 Å². The summed E-state index contributed by atoms with van der Waals surface area (Å²) in [7, 11) is -1.16. The van der Waals surface area contributed by atoms with Gasteiger partial charge < -0.3 is 19.2 Å². The number of aromatic nitrogens is 1. The van der Waals surface area contributed by atoms with Crippen molar-refractivity contribution in [2.24, 2.45) is 0 Å². The van der Waals surface area contributed by atoms with Crippen molar-refractivity contribution >= 4 is 24.2 Å². The molecule has 7 nitrogen and oxygen atoms in total. The average Bonchev–Trinajstić information content (AvgIpc) is 3.07. The van der Waals surface area contributed by atoms with Crippen molar-refractivity contribution in [3.8, 4) is 17.2 Å². The van der Waals surface area contributed by atoms with Crippen LogP contribution in [0.4, 0.5) is 18.9 Å². The Hall–Kier alpha value is -3.88. The topological polar surface area (TPSA) is 93.3 Å². The molecule has 2 heterocycles. The molecule has 39 heavy (non-hydrogen) atoms. The summed E-state index contributed by atoms with van der Waals surface area (Å²) in [5.41, 5.74) is -3.36. The van der Waals surface area contributed by atoms with Gasteiger partial charge in [0.15, 0.2) is 0 Å². The summed E-state index contributed by atoms with van der Waals surface area (Å²) in [5, 5.41) is 12.1. The number of halogens is 3. The highest BCUT2D eigenvalue weighted by atomic mass is 19.1. The minimum atomic E-state index is -1.16. The SMILES string of the molecule is CC(C)n1cc(C(=O)Nc2cc(F)c(B3OC(C)(C)C(C)(C)O3)cc2F)c(=O)c(-c2ccc(F)cc2)c1C#N. The molecule has 0 aliphatic carbocycles. The molecule has 1 aliphatic heterocycles. The molecule has 0 bridgehead atoms.